The number of halogens is 1. The number of carbonyl (C=O) groups excluding carboxylic acids is 1. The number of hydrogen-bond acceptors (Lipinski definition) is 4. The Morgan fingerprint density at radius 2 is 2.38 bits per heavy atom. The van der Waals surface area contributed by atoms with Crippen LogP contribution in [0.5, 0.6) is 0 Å². The van der Waals surface area contributed by atoms with Crippen LogP contribution in [0.15, 0.2) is 34.9 Å². The SMILES string of the molecule is COCC1CCCN(C(=O)Nc2cc(-c3cccc(F)c3)on2)C1. The number of urea groups is 1. The number of ether oxygens (including phenoxy) is 1. The van der Waals surface area contributed by atoms with Crippen molar-refractivity contribution >= 4 is 11.8 Å². The first-order valence-corrected chi connectivity index (χ1v) is 7.93. The molecule has 1 unspecified atom stereocenters. The number of nitrogens with one attached hydrogen (secondary N) is 1. The van der Waals surface area contributed by atoms with Gasteiger partial charge >= 0.3 is 6.03 Å². The topological polar surface area (TPSA) is 67.6 Å². The van der Waals surface area contributed by atoms with Gasteiger partial charge in [-0.05, 0) is 25.0 Å². The fourth-order valence-corrected chi connectivity index (χ4v) is 2.92. The minimum atomic E-state index is -0.355. The van der Waals surface area contributed by atoms with Crippen LogP contribution in [0.2, 0.25) is 0 Å². The lowest BCUT2D eigenvalue weighted by atomic mass is 9.99. The van der Waals surface area contributed by atoms with Crippen molar-refractivity contribution in [3.05, 3.63) is 36.1 Å². The van der Waals surface area contributed by atoms with Crippen molar-refractivity contribution in [1.82, 2.24) is 10.1 Å². The number of aromatic nitrogens is 1. The van der Waals surface area contributed by atoms with E-state index in [0.717, 1.165) is 12.8 Å². The molecule has 0 bridgehead atoms. The highest BCUT2D eigenvalue weighted by atomic mass is 19.1. The minimum Gasteiger partial charge on any atom is -0.384 e. The van der Waals surface area contributed by atoms with E-state index in [1.807, 2.05) is 0 Å². The van der Waals surface area contributed by atoms with Gasteiger partial charge < -0.3 is 14.2 Å². The van der Waals surface area contributed by atoms with Gasteiger partial charge in [0.05, 0.1) is 6.61 Å². The molecule has 1 atom stereocenters. The average molecular weight is 333 g/mol. The maximum Gasteiger partial charge on any atom is 0.323 e. The Labute approximate surface area is 139 Å². The number of likely N-dealkylation sites (tertiary alicyclic amines) is 1. The highest BCUT2D eigenvalue weighted by molar-refractivity contribution is 5.88. The average Bonchev–Trinajstić information content (AvgIpc) is 3.04. The molecule has 2 heterocycles. The van der Waals surface area contributed by atoms with E-state index in [-0.39, 0.29) is 11.8 Å². The molecule has 2 aromatic rings. The molecule has 24 heavy (non-hydrogen) atoms. The molecule has 1 aliphatic heterocycles. The third kappa shape index (κ3) is 3.91. The molecule has 1 aromatic heterocycles. The lowest BCUT2D eigenvalue weighted by Crippen LogP contribution is -2.43. The predicted octanol–water partition coefficient (Wildman–Crippen LogP) is 3.37. The number of amides is 2. The summed E-state index contributed by atoms with van der Waals surface area (Å²) in [7, 11) is 1.67. The van der Waals surface area contributed by atoms with Gasteiger partial charge in [-0.2, -0.15) is 0 Å². The fourth-order valence-electron chi connectivity index (χ4n) is 2.92. The lowest BCUT2D eigenvalue weighted by molar-refractivity contribution is 0.104. The van der Waals surface area contributed by atoms with Gasteiger partial charge in [0.2, 0.25) is 0 Å². The van der Waals surface area contributed by atoms with Crippen molar-refractivity contribution < 1.29 is 18.4 Å². The quantitative estimate of drug-likeness (QED) is 0.931. The minimum absolute atomic E-state index is 0.213. The molecule has 0 spiro atoms. The van der Waals surface area contributed by atoms with Gasteiger partial charge in [0.25, 0.3) is 0 Å². The van der Waals surface area contributed by atoms with Crippen molar-refractivity contribution in [3.8, 4) is 11.3 Å². The van der Waals surface area contributed by atoms with Crippen LogP contribution in [0.4, 0.5) is 15.0 Å². The Hall–Kier alpha value is -2.41. The van der Waals surface area contributed by atoms with E-state index < -0.39 is 0 Å². The molecule has 6 nitrogen and oxygen atoms in total. The summed E-state index contributed by atoms with van der Waals surface area (Å²) < 4.78 is 23.6. The third-order valence-corrected chi connectivity index (χ3v) is 4.06. The van der Waals surface area contributed by atoms with Crippen molar-refractivity contribution in [2.45, 2.75) is 12.8 Å². The van der Waals surface area contributed by atoms with Gasteiger partial charge in [0.1, 0.15) is 5.82 Å². The van der Waals surface area contributed by atoms with E-state index in [1.54, 1.807) is 30.2 Å². The number of rotatable bonds is 4. The van der Waals surface area contributed by atoms with Crippen LogP contribution < -0.4 is 5.32 Å². The van der Waals surface area contributed by atoms with E-state index in [9.17, 15) is 9.18 Å². The molecule has 0 saturated carbocycles. The Bertz CT molecular complexity index is 702. The predicted molar refractivity (Wildman–Crippen MR) is 87.1 cm³/mol. The molecule has 1 N–H and O–H groups in total. The fraction of sp³-hybridized carbons (Fsp3) is 0.412. The zero-order chi connectivity index (χ0) is 16.9. The molecule has 3 rings (SSSR count). The summed E-state index contributed by atoms with van der Waals surface area (Å²) in [5, 5.41) is 6.56. The Morgan fingerprint density at radius 3 is 3.17 bits per heavy atom. The molecule has 1 fully saturated rings. The van der Waals surface area contributed by atoms with E-state index in [1.165, 1.54) is 12.1 Å². The summed E-state index contributed by atoms with van der Waals surface area (Å²) in [6.45, 7) is 2.02. The molecular weight excluding hydrogens is 313 g/mol. The third-order valence-electron chi connectivity index (χ3n) is 4.06. The zero-order valence-electron chi connectivity index (χ0n) is 13.5. The number of piperidine rings is 1. The van der Waals surface area contributed by atoms with Gasteiger partial charge in [0, 0.05) is 37.7 Å². The molecule has 2 amide bonds. The molecule has 1 aliphatic rings. The summed E-state index contributed by atoms with van der Waals surface area (Å²) in [4.78, 5) is 14.1. The van der Waals surface area contributed by atoms with Gasteiger partial charge in [-0.15, -0.1) is 0 Å². The highest BCUT2D eigenvalue weighted by Crippen LogP contribution is 2.24. The van der Waals surface area contributed by atoms with Crippen LogP contribution in [0, 0.1) is 11.7 Å². The van der Waals surface area contributed by atoms with Crippen molar-refractivity contribution in [2.24, 2.45) is 5.92 Å². The number of nitrogens with zero attached hydrogens (tertiary/aromatic N) is 2. The van der Waals surface area contributed by atoms with Crippen molar-refractivity contribution in [2.75, 3.05) is 32.1 Å². The van der Waals surface area contributed by atoms with Gasteiger partial charge in [0.15, 0.2) is 11.6 Å². The maximum absolute atomic E-state index is 13.3. The molecule has 1 aromatic carbocycles. The van der Waals surface area contributed by atoms with E-state index in [0.29, 0.717) is 42.8 Å². The van der Waals surface area contributed by atoms with Crippen LogP contribution in [0.25, 0.3) is 11.3 Å². The van der Waals surface area contributed by atoms with Gasteiger partial charge in [-0.3, -0.25) is 5.32 Å². The van der Waals surface area contributed by atoms with Crippen molar-refractivity contribution in [3.63, 3.8) is 0 Å². The molecule has 0 aliphatic carbocycles. The second-order valence-electron chi connectivity index (χ2n) is 5.93. The standard InChI is InChI=1S/C17H20FN3O3/c1-23-11-12-4-3-7-21(10-12)17(22)19-16-9-15(24-20-16)13-5-2-6-14(18)8-13/h2,5-6,8-9,12H,3-4,7,10-11H2,1H3,(H,19,20,22). The van der Waals surface area contributed by atoms with Crippen LogP contribution in [-0.2, 0) is 4.74 Å². The highest BCUT2D eigenvalue weighted by Gasteiger charge is 2.24. The Balaban J connectivity index is 1.63. The largest absolute Gasteiger partial charge is 0.384 e. The maximum atomic E-state index is 13.3. The van der Waals surface area contributed by atoms with Crippen LogP contribution in [0.1, 0.15) is 12.8 Å². The normalized spacial score (nSPS) is 17.8. The first-order chi connectivity index (χ1) is 11.7. The zero-order valence-corrected chi connectivity index (χ0v) is 13.5. The Morgan fingerprint density at radius 1 is 1.50 bits per heavy atom. The first kappa shape index (κ1) is 16.4. The summed E-state index contributed by atoms with van der Waals surface area (Å²) in [6.07, 6.45) is 2.01. The van der Waals surface area contributed by atoms with E-state index in [4.69, 9.17) is 9.26 Å². The summed E-state index contributed by atoms with van der Waals surface area (Å²) in [6, 6.07) is 7.39. The van der Waals surface area contributed by atoms with Gasteiger partial charge in [-0.1, -0.05) is 17.3 Å². The molecule has 128 valence electrons. The van der Waals surface area contributed by atoms with E-state index in [2.05, 4.69) is 10.5 Å². The van der Waals surface area contributed by atoms with Crippen LogP contribution in [-0.4, -0.2) is 42.9 Å². The number of methoxy groups -OCH3 is 1. The van der Waals surface area contributed by atoms with Crippen LogP contribution in [0.3, 0.4) is 0 Å². The van der Waals surface area contributed by atoms with Gasteiger partial charge in [-0.25, -0.2) is 9.18 Å². The second kappa shape index (κ2) is 7.44. The lowest BCUT2D eigenvalue weighted by Gasteiger charge is -2.32. The summed E-state index contributed by atoms with van der Waals surface area (Å²) >= 11 is 0. The smallest absolute Gasteiger partial charge is 0.323 e. The first-order valence-electron chi connectivity index (χ1n) is 7.93. The van der Waals surface area contributed by atoms with Crippen molar-refractivity contribution in [1.29, 1.82) is 0 Å². The molecule has 1 saturated heterocycles. The number of carbonyl (C=O) groups is 1. The Kier molecular flexibility index (Phi) is 5.10. The molecule has 7 heteroatoms. The summed E-state index contributed by atoms with van der Waals surface area (Å²) in [5.41, 5.74) is 0.570. The molecule has 0 radical (unpaired) electrons. The second-order valence-corrected chi connectivity index (χ2v) is 5.93. The molecular formula is C17H20FN3O3. The summed E-state index contributed by atoms with van der Waals surface area (Å²) in [5.74, 6) is 0.718. The van der Waals surface area contributed by atoms with Crippen LogP contribution >= 0.6 is 0 Å². The number of anilines is 1. The monoisotopic (exact) mass is 333 g/mol. The number of hydrogen-bond donors (Lipinski definition) is 1. The number of benzene rings is 1. The van der Waals surface area contributed by atoms with E-state index >= 15 is 0 Å².